The molecule has 0 amide bonds. The fraction of sp³-hybridized carbons (Fsp3) is 0.143. The van der Waals surface area contributed by atoms with Crippen molar-refractivity contribution in [2.75, 3.05) is 6.61 Å². The van der Waals surface area contributed by atoms with Gasteiger partial charge in [0, 0.05) is 0 Å². The monoisotopic (exact) mass is 126 g/mol. The molecule has 0 N–H and O–H groups in total. The third kappa shape index (κ3) is 4.68. The lowest BCUT2D eigenvalue weighted by Gasteiger charge is -2.01. The molecule has 0 aliphatic heterocycles. The number of hydrogen-bond donors (Lipinski definition) is 0. The summed E-state index contributed by atoms with van der Waals surface area (Å²) < 4.78 is 9.48. The Morgan fingerprint density at radius 2 is 2.00 bits per heavy atom. The first-order chi connectivity index (χ1) is 4.31. The molecule has 0 spiro atoms. The van der Waals surface area contributed by atoms with E-state index in [1.807, 2.05) is 0 Å². The molecule has 0 fully saturated rings. The Kier molecular flexibility index (Phi) is 4.32. The molecule has 0 rings (SSSR count). The topological polar surface area (TPSA) is 18.5 Å². The summed E-state index contributed by atoms with van der Waals surface area (Å²) in [6.45, 7) is 10.5. The molecular weight excluding hydrogens is 116 g/mol. The van der Waals surface area contributed by atoms with Crippen LogP contribution >= 0.6 is 0 Å². The summed E-state index contributed by atoms with van der Waals surface area (Å²) in [5, 5.41) is 0. The van der Waals surface area contributed by atoms with Crippen LogP contribution in [0.3, 0.4) is 0 Å². The van der Waals surface area contributed by atoms with Crippen LogP contribution < -0.4 is 0 Å². The van der Waals surface area contributed by atoms with Crippen molar-refractivity contribution in [1.82, 2.24) is 0 Å². The normalized spacial score (nSPS) is 7.56. The second-order valence-electron chi connectivity index (χ2n) is 1.30. The van der Waals surface area contributed by atoms with Crippen LogP contribution in [0, 0.1) is 0 Å². The predicted octanol–water partition coefficient (Wildman–Crippen LogP) is 1.82. The first-order valence-electron chi connectivity index (χ1n) is 2.49. The van der Waals surface area contributed by atoms with E-state index in [0.29, 0.717) is 12.4 Å². The van der Waals surface area contributed by atoms with Gasteiger partial charge in [0.25, 0.3) is 0 Å². The minimum Gasteiger partial charge on any atom is -0.494 e. The van der Waals surface area contributed by atoms with E-state index in [2.05, 4.69) is 19.7 Å². The van der Waals surface area contributed by atoms with Crippen LogP contribution in [0.5, 0.6) is 0 Å². The van der Waals surface area contributed by atoms with E-state index in [0.717, 1.165) is 0 Å². The summed E-state index contributed by atoms with van der Waals surface area (Å²) in [5.41, 5.74) is 0. The number of hydrogen-bond acceptors (Lipinski definition) is 2. The molecule has 0 saturated heterocycles. The largest absolute Gasteiger partial charge is 0.494 e. The maximum absolute atomic E-state index is 4.74. The van der Waals surface area contributed by atoms with Gasteiger partial charge in [0.15, 0.2) is 0 Å². The van der Waals surface area contributed by atoms with E-state index in [-0.39, 0.29) is 0 Å². The van der Waals surface area contributed by atoms with Crippen molar-refractivity contribution in [3.63, 3.8) is 0 Å². The first kappa shape index (κ1) is 7.82. The van der Waals surface area contributed by atoms with Crippen LogP contribution in [-0.2, 0) is 9.47 Å². The minimum absolute atomic E-state index is 0.329. The Morgan fingerprint density at radius 1 is 1.33 bits per heavy atom. The molecule has 50 valence electrons. The minimum atomic E-state index is 0.329. The molecule has 0 aromatic carbocycles. The molecule has 0 aromatic rings. The van der Waals surface area contributed by atoms with Crippen molar-refractivity contribution >= 4 is 0 Å². The fourth-order valence-electron chi connectivity index (χ4n) is 0.304. The van der Waals surface area contributed by atoms with Crippen LogP contribution in [0.25, 0.3) is 0 Å². The van der Waals surface area contributed by atoms with Crippen molar-refractivity contribution in [3.8, 4) is 0 Å². The van der Waals surface area contributed by atoms with Gasteiger partial charge in [-0.2, -0.15) is 0 Å². The molecule has 0 radical (unpaired) electrons. The highest BCUT2D eigenvalue weighted by Crippen LogP contribution is 1.93. The third-order valence-electron chi connectivity index (χ3n) is 0.612. The van der Waals surface area contributed by atoms with Gasteiger partial charge in [-0.3, -0.25) is 0 Å². The molecule has 0 bridgehead atoms. The Labute approximate surface area is 55.1 Å². The van der Waals surface area contributed by atoms with Crippen molar-refractivity contribution < 1.29 is 9.47 Å². The zero-order chi connectivity index (χ0) is 7.11. The average Bonchev–Trinajstić information content (AvgIpc) is 1.85. The molecule has 0 aliphatic carbocycles. The quantitative estimate of drug-likeness (QED) is 0.523. The maximum atomic E-state index is 4.74. The highest BCUT2D eigenvalue weighted by Gasteiger charge is 1.87. The van der Waals surface area contributed by atoms with Crippen molar-refractivity contribution in [2.24, 2.45) is 0 Å². The molecule has 0 saturated carbocycles. The zero-order valence-electron chi connectivity index (χ0n) is 5.30. The van der Waals surface area contributed by atoms with Gasteiger partial charge in [0.2, 0.25) is 0 Å². The zero-order valence-corrected chi connectivity index (χ0v) is 5.30. The van der Waals surface area contributed by atoms with Gasteiger partial charge in [-0.25, -0.2) is 0 Å². The summed E-state index contributed by atoms with van der Waals surface area (Å²) >= 11 is 0. The molecular formula is C7H10O2. The summed E-state index contributed by atoms with van der Waals surface area (Å²) in [4.78, 5) is 0. The standard InChI is InChI=1S/C7H10O2/c1-4-8-6-7(3)9-5-2/h4-5H,1-3,6H2. The first-order valence-corrected chi connectivity index (χ1v) is 2.49. The van der Waals surface area contributed by atoms with Crippen molar-refractivity contribution in [1.29, 1.82) is 0 Å². The van der Waals surface area contributed by atoms with E-state index in [1.54, 1.807) is 0 Å². The molecule has 0 aromatic heterocycles. The van der Waals surface area contributed by atoms with Gasteiger partial charge >= 0.3 is 0 Å². The summed E-state index contributed by atoms with van der Waals surface area (Å²) in [5.74, 6) is 0.518. The maximum Gasteiger partial charge on any atom is 0.144 e. The smallest absolute Gasteiger partial charge is 0.144 e. The molecule has 0 heterocycles. The van der Waals surface area contributed by atoms with E-state index in [9.17, 15) is 0 Å². The molecule has 2 heteroatoms. The number of rotatable bonds is 5. The van der Waals surface area contributed by atoms with E-state index < -0.39 is 0 Å². The van der Waals surface area contributed by atoms with Crippen LogP contribution in [-0.4, -0.2) is 6.61 Å². The second kappa shape index (κ2) is 4.97. The highest BCUT2D eigenvalue weighted by molar-refractivity contribution is 4.84. The van der Waals surface area contributed by atoms with Gasteiger partial charge < -0.3 is 9.47 Å². The van der Waals surface area contributed by atoms with E-state index in [1.165, 1.54) is 12.5 Å². The van der Waals surface area contributed by atoms with Crippen LogP contribution in [0.15, 0.2) is 38.0 Å². The molecule has 2 nitrogen and oxygen atoms in total. The van der Waals surface area contributed by atoms with Crippen molar-refractivity contribution in [2.45, 2.75) is 0 Å². The fourth-order valence-corrected chi connectivity index (χ4v) is 0.304. The molecule has 9 heavy (non-hydrogen) atoms. The summed E-state index contributed by atoms with van der Waals surface area (Å²) in [6, 6.07) is 0. The Balaban J connectivity index is 3.26. The van der Waals surface area contributed by atoms with E-state index >= 15 is 0 Å². The van der Waals surface area contributed by atoms with Gasteiger partial charge in [0.1, 0.15) is 12.4 Å². The average molecular weight is 126 g/mol. The lowest BCUT2D eigenvalue weighted by Crippen LogP contribution is -1.91. The van der Waals surface area contributed by atoms with Crippen molar-refractivity contribution in [3.05, 3.63) is 38.0 Å². The Hall–Kier alpha value is -1.18. The summed E-state index contributed by atoms with van der Waals surface area (Å²) in [7, 11) is 0. The second-order valence-corrected chi connectivity index (χ2v) is 1.30. The lowest BCUT2D eigenvalue weighted by atomic mass is 10.6. The van der Waals surface area contributed by atoms with Crippen LogP contribution in [0.4, 0.5) is 0 Å². The Morgan fingerprint density at radius 3 is 2.44 bits per heavy atom. The Bertz CT molecular complexity index is 116. The van der Waals surface area contributed by atoms with Gasteiger partial charge in [-0.1, -0.05) is 19.7 Å². The number of ether oxygens (including phenoxy) is 2. The highest BCUT2D eigenvalue weighted by atomic mass is 16.5. The molecule has 0 aliphatic rings. The third-order valence-corrected chi connectivity index (χ3v) is 0.612. The van der Waals surface area contributed by atoms with E-state index in [4.69, 9.17) is 9.47 Å². The predicted molar refractivity (Wildman–Crippen MR) is 36.6 cm³/mol. The van der Waals surface area contributed by atoms with Crippen LogP contribution in [0.1, 0.15) is 0 Å². The molecule has 0 atom stereocenters. The lowest BCUT2D eigenvalue weighted by molar-refractivity contribution is 0.212. The van der Waals surface area contributed by atoms with Gasteiger partial charge in [0.05, 0.1) is 12.5 Å². The van der Waals surface area contributed by atoms with Crippen LogP contribution in [0.2, 0.25) is 0 Å². The van der Waals surface area contributed by atoms with Gasteiger partial charge in [-0.05, 0) is 0 Å². The SMILES string of the molecule is C=COCC(=C)OC=C. The summed E-state index contributed by atoms with van der Waals surface area (Å²) in [6.07, 6.45) is 2.63. The van der Waals surface area contributed by atoms with Gasteiger partial charge in [-0.15, -0.1) is 0 Å². The molecule has 0 unspecified atom stereocenters.